The molecule has 1 aromatic heterocycles. The molecule has 0 fully saturated rings. The van der Waals surface area contributed by atoms with Gasteiger partial charge in [0.25, 0.3) is 5.69 Å². The summed E-state index contributed by atoms with van der Waals surface area (Å²) >= 11 is 1.61. The highest BCUT2D eigenvalue weighted by molar-refractivity contribution is 7.19. The first-order valence-electron chi connectivity index (χ1n) is 16.4. The number of nitrogens with zero attached hydrogens (tertiary/aromatic N) is 3. The lowest BCUT2D eigenvalue weighted by molar-refractivity contribution is -0.384. The van der Waals surface area contributed by atoms with Crippen LogP contribution in [0.4, 0.5) is 39.1 Å². The topological polar surface area (TPSA) is 49.6 Å². The van der Waals surface area contributed by atoms with Gasteiger partial charge in [0, 0.05) is 39.1 Å². The van der Waals surface area contributed by atoms with E-state index >= 15 is 0 Å². The molecule has 0 saturated heterocycles. The number of rotatable bonds is 9. The van der Waals surface area contributed by atoms with Crippen LogP contribution < -0.4 is 9.80 Å². The Bertz CT molecular complexity index is 2330. The summed E-state index contributed by atoms with van der Waals surface area (Å²) in [7, 11) is 0. The average molecular weight is 666 g/mol. The largest absolute Gasteiger partial charge is 0.310 e. The number of para-hydroxylation sites is 4. The monoisotopic (exact) mass is 665 g/mol. The maximum Gasteiger partial charge on any atom is 0.277 e. The zero-order valence-corrected chi connectivity index (χ0v) is 27.8. The van der Waals surface area contributed by atoms with Crippen molar-refractivity contribution in [3.63, 3.8) is 0 Å². The van der Waals surface area contributed by atoms with E-state index in [0.29, 0.717) is 5.56 Å². The Labute approximate surface area is 294 Å². The second-order valence-corrected chi connectivity index (χ2v) is 12.9. The molecule has 0 aliphatic carbocycles. The normalized spacial score (nSPS) is 11.0. The summed E-state index contributed by atoms with van der Waals surface area (Å²) < 4.78 is 0. The smallest absolute Gasteiger partial charge is 0.277 e. The summed E-state index contributed by atoms with van der Waals surface area (Å²) in [5.74, 6) is 0. The fraction of sp³-hybridized carbons (Fsp3) is 0. The molecule has 240 valence electrons. The first-order valence-corrected chi connectivity index (χ1v) is 17.2. The predicted molar refractivity (Wildman–Crippen MR) is 209 cm³/mol. The summed E-state index contributed by atoms with van der Waals surface area (Å²) in [4.78, 5) is 17.9. The molecule has 0 atom stereocenters. The van der Waals surface area contributed by atoms with E-state index in [1.165, 1.54) is 0 Å². The number of thiophene rings is 1. The van der Waals surface area contributed by atoms with Crippen molar-refractivity contribution in [3.8, 4) is 21.6 Å². The van der Waals surface area contributed by atoms with Gasteiger partial charge in [-0.15, -0.1) is 11.3 Å². The SMILES string of the molecule is O=[N+]([O-])c1cc(-c2ccc(N(c3ccccc3)c3ccccc3)s2)ccc1-c1ccc(N(c2ccccc2)c2ccccc2)c2ccccc12. The number of nitro benzene ring substituents is 1. The Hall–Kier alpha value is -6.50. The van der Waals surface area contributed by atoms with E-state index in [9.17, 15) is 10.1 Å². The van der Waals surface area contributed by atoms with Crippen molar-refractivity contribution in [2.45, 2.75) is 0 Å². The van der Waals surface area contributed by atoms with Gasteiger partial charge in [0.1, 0.15) is 5.00 Å². The molecule has 1 heterocycles. The van der Waals surface area contributed by atoms with E-state index in [4.69, 9.17) is 0 Å². The highest BCUT2D eigenvalue weighted by atomic mass is 32.1. The number of hydrogen-bond acceptors (Lipinski definition) is 5. The minimum absolute atomic E-state index is 0.0707. The van der Waals surface area contributed by atoms with Crippen LogP contribution in [0.2, 0.25) is 0 Å². The lowest BCUT2D eigenvalue weighted by atomic mass is 9.94. The van der Waals surface area contributed by atoms with Gasteiger partial charge >= 0.3 is 0 Å². The first-order chi connectivity index (χ1) is 24.7. The van der Waals surface area contributed by atoms with E-state index in [0.717, 1.165) is 60.2 Å². The molecule has 5 nitrogen and oxygen atoms in total. The Kier molecular flexibility index (Phi) is 8.35. The third-order valence-electron chi connectivity index (χ3n) is 8.78. The number of benzene rings is 7. The zero-order chi connectivity index (χ0) is 33.9. The van der Waals surface area contributed by atoms with Crippen molar-refractivity contribution in [1.82, 2.24) is 0 Å². The van der Waals surface area contributed by atoms with E-state index in [1.807, 2.05) is 115 Å². The molecule has 0 amide bonds. The second kappa shape index (κ2) is 13.5. The quantitative estimate of drug-likeness (QED) is 0.114. The summed E-state index contributed by atoms with van der Waals surface area (Å²) in [6, 6.07) is 62.9. The second-order valence-electron chi connectivity index (χ2n) is 11.8. The van der Waals surface area contributed by atoms with E-state index < -0.39 is 0 Å². The van der Waals surface area contributed by atoms with Crippen LogP contribution >= 0.6 is 11.3 Å². The van der Waals surface area contributed by atoms with Crippen LogP contribution in [0.5, 0.6) is 0 Å². The molecule has 8 rings (SSSR count). The Morgan fingerprint density at radius 1 is 0.460 bits per heavy atom. The van der Waals surface area contributed by atoms with Crippen LogP contribution in [0, 0.1) is 10.1 Å². The molecule has 0 spiro atoms. The van der Waals surface area contributed by atoms with Gasteiger partial charge in [-0.3, -0.25) is 10.1 Å². The number of hydrogen-bond donors (Lipinski definition) is 0. The maximum atomic E-state index is 12.7. The minimum atomic E-state index is -0.267. The van der Waals surface area contributed by atoms with Gasteiger partial charge < -0.3 is 9.80 Å². The molecule has 6 heteroatoms. The van der Waals surface area contributed by atoms with Crippen molar-refractivity contribution in [2.75, 3.05) is 9.80 Å². The molecule has 0 aliphatic heterocycles. The summed E-state index contributed by atoms with van der Waals surface area (Å²) in [6.07, 6.45) is 0. The molecule has 0 bridgehead atoms. The van der Waals surface area contributed by atoms with E-state index in [1.54, 1.807) is 17.4 Å². The van der Waals surface area contributed by atoms with Gasteiger partial charge in [-0.05, 0) is 89.3 Å². The molecule has 0 radical (unpaired) electrons. The molecular formula is C44H31N3O2S. The van der Waals surface area contributed by atoms with Gasteiger partial charge in [-0.25, -0.2) is 0 Å². The summed E-state index contributed by atoms with van der Waals surface area (Å²) in [5, 5.41) is 15.7. The van der Waals surface area contributed by atoms with Crippen molar-refractivity contribution >= 4 is 61.2 Å². The van der Waals surface area contributed by atoms with Gasteiger partial charge in [0.05, 0.1) is 16.2 Å². The zero-order valence-electron chi connectivity index (χ0n) is 27.0. The van der Waals surface area contributed by atoms with E-state index in [2.05, 4.69) is 76.5 Å². The summed E-state index contributed by atoms with van der Waals surface area (Å²) in [5.41, 5.74) is 7.41. The molecule has 8 aromatic rings. The van der Waals surface area contributed by atoms with Crippen LogP contribution in [0.15, 0.2) is 188 Å². The van der Waals surface area contributed by atoms with Crippen LogP contribution in [0.3, 0.4) is 0 Å². The van der Waals surface area contributed by atoms with Crippen molar-refractivity contribution < 1.29 is 4.92 Å². The molecule has 0 N–H and O–H groups in total. The molecule has 0 unspecified atom stereocenters. The van der Waals surface area contributed by atoms with Crippen LogP contribution in [-0.2, 0) is 0 Å². The van der Waals surface area contributed by atoms with Gasteiger partial charge in [-0.2, -0.15) is 0 Å². The van der Waals surface area contributed by atoms with Crippen molar-refractivity contribution in [3.05, 3.63) is 198 Å². The minimum Gasteiger partial charge on any atom is -0.310 e. The summed E-state index contributed by atoms with van der Waals surface area (Å²) in [6.45, 7) is 0. The van der Waals surface area contributed by atoms with Gasteiger partial charge in [-0.1, -0.05) is 109 Å². The highest BCUT2D eigenvalue weighted by Gasteiger charge is 2.23. The molecule has 7 aromatic carbocycles. The Morgan fingerprint density at radius 2 is 0.940 bits per heavy atom. The van der Waals surface area contributed by atoms with Crippen LogP contribution in [0.25, 0.3) is 32.3 Å². The molecule has 0 saturated carbocycles. The third-order valence-corrected chi connectivity index (χ3v) is 9.90. The number of fused-ring (bicyclic) bond motifs is 1. The number of anilines is 6. The fourth-order valence-electron chi connectivity index (χ4n) is 6.52. The Morgan fingerprint density at radius 3 is 1.48 bits per heavy atom. The van der Waals surface area contributed by atoms with E-state index in [-0.39, 0.29) is 10.6 Å². The highest BCUT2D eigenvalue weighted by Crippen LogP contribution is 2.46. The molecule has 0 aliphatic rings. The van der Waals surface area contributed by atoms with Crippen molar-refractivity contribution in [2.24, 2.45) is 0 Å². The number of nitro groups is 1. The average Bonchev–Trinajstić information content (AvgIpc) is 3.66. The van der Waals surface area contributed by atoms with Crippen LogP contribution in [0.1, 0.15) is 0 Å². The lowest BCUT2D eigenvalue weighted by Crippen LogP contribution is -2.10. The predicted octanol–water partition coefficient (Wildman–Crippen LogP) is 13.1. The Balaban J connectivity index is 1.22. The maximum absolute atomic E-state index is 12.7. The van der Waals surface area contributed by atoms with Gasteiger partial charge in [0.15, 0.2) is 0 Å². The molecule has 50 heavy (non-hydrogen) atoms. The first kappa shape index (κ1) is 30.8. The third kappa shape index (κ3) is 5.89. The van der Waals surface area contributed by atoms with Gasteiger partial charge in [0.2, 0.25) is 0 Å². The molecular weight excluding hydrogens is 635 g/mol. The van der Waals surface area contributed by atoms with Crippen LogP contribution in [-0.4, -0.2) is 4.92 Å². The lowest BCUT2D eigenvalue weighted by Gasteiger charge is -2.27. The standard InChI is InChI=1S/C44H31N3O2S/c48-47(49)42-31-32(43-29-30-44(50-43)46(35-19-9-3-10-20-35)36-21-11-4-12-22-36)25-26-40(42)38-27-28-41(39-24-14-13-23-37(38)39)45(33-15-5-1-6-16-33)34-17-7-2-8-18-34/h1-31H. The van der Waals surface area contributed by atoms with Crippen molar-refractivity contribution in [1.29, 1.82) is 0 Å². The fourth-order valence-corrected chi connectivity index (χ4v) is 7.56.